The van der Waals surface area contributed by atoms with E-state index in [4.69, 9.17) is 5.73 Å². The van der Waals surface area contributed by atoms with E-state index >= 15 is 0 Å². The summed E-state index contributed by atoms with van der Waals surface area (Å²) >= 11 is 1.52. The van der Waals surface area contributed by atoms with Crippen molar-refractivity contribution >= 4 is 34.1 Å². The summed E-state index contributed by atoms with van der Waals surface area (Å²) in [5.74, 6) is 0.175. The standard InChI is InChI=1S/C17H21N5O2S/c1-2-12-10-19-17(25-12)21-16(24)11-6-8-22(9-7-11)14-5-3-4-13(20-14)15(18)23/h3-5,10-11H,2,6-9H2,1H3,(H2,18,23)(H,19,21,24). The molecular weight excluding hydrogens is 338 g/mol. The predicted octanol–water partition coefficient (Wildman–Crippen LogP) is 2.05. The molecule has 0 spiro atoms. The average molecular weight is 359 g/mol. The Labute approximate surface area is 150 Å². The Morgan fingerprint density at radius 3 is 2.76 bits per heavy atom. The van der Waals surface area contributed by atoms with Gasteiger partial charge in [0, 0.05) is 30.1 Å². The summed E-state index contributed by atoms with van der Waals surface area (Å²) in [6.07, 6.45) is 4.20. The molecule has 2 aromatic heterocycles. The van der Waals surface area contributed by atoms with E-state index in [0.717, 1.165) is 30.0 Å². The van der Waals surface area contributed by atoms with Gasteiger partial charge in [0.2, 0.25) is 5.91 Å². The number of hydrogen-bond acceptors (Lipinski definition) is 6. The van der Waals surface area contributed by atoms with Crippen LogP contribution in [-0.2, 0) is 11.2 Å². The summed E-state index contributed by atoms with van der Waals surface area (Å²) in [7, 11) is 0. The van der Waals surface area contributed by atoms with Crippen LogP contribution in [0.3, 0.4) is 0 Å². The van der Waals surface area contributed by atoms with E-state index in [2.05, 4.69) is 27.1 Å². The first-order valence-corrected chi connectivity index (χ1v) is 9.16. The molecule has 2 aromatic rings. The second-order valence-corrected chi connectivity index (χ2v) is 7.10. The molecule has 2 amide bonds. The zero-order valence-corrected chi connectivity index (χ0v) is 14.9. The monoisotopic (exact) mass is 359 g/mol. The number of nitrogens with zero attached hydrogens (tertiary/aromatic N) is 3. The predicted molar refractivity (Wildman–Crippen MR) is 97.8 cm³/mol. The molecule has 1 aliphatic rings. The number of piperidine rings is 1. The molecule has 1 aliphatic heterocycles. The number of carbonyl (C=O) groups is 2. The number of carbonyl (C=O) groups excluding carboxylic acids is 2. The van der Waals surface area contributed by atoms with Crippen LogP contribution < -0.4 is 16.0 Å². The van der Waals surface area contributed by atoms with E-state index in [1.165, 1.54) is 11.3 Å². The topological polar surface area (TPSA) is 101 Å². The van der Waals surface area contributed by atoms with E-state index in [0.29, 0.717) is 18.2 Å². The Hall–Kier alpha value is -2.48. The van der Waals surface area contributed by atoms with Crippen LogP contribution in [0.4, 0.5) is 10.9 Å². The van der Waals surface area contributed by atoms with Crippen molar-refractivity contribution in [2.45, 2.75) is 26.2 Å². The van der Waals surface area contributed by atoms with Crippen LogP contribution in [0.25, 0.3) is 0 Å². The van der Waals surface area contributed by atoms with E-state index in [-0.39, 0.29) is 17.5 Å². The highest BCUT2D eigenvalue weighted by atomic mass is 32.1. The van der Waals surface area contributed by atoms with Gasteiger partial charge in [0.1, 0.15) is 11.5 Å². The molecule has 1 fully saturated rings. The fourth-order valence-electron chi connectivity index (χ4n) is 2.84. The van der Waals surface area contributed by atoms with Crippen molar-refractivity contribution in [2.75, 3.05) is 23.3 Å². The summed E-state index contributed by atoms with van der Waals surface area (Å²) < 4.78 is 0. The van der Waals surface area contributed by atoms with E-state index in [1.807, 2.05) is 6.07 Å². The number of rotatable bonds is 5. The van der Waals surface area contributed by atoms with Crippen LogP contribution in [0.1, 0.15) is 35.1 Å². The molecule has 0 unspecified atom stereocenters. The van der Waals surface area contributed by atoms with Gasteiger partial charge in [-0.2, -0.15) is 0 Å². The quantitative estimate of drug-likeness (QED) is 0.851. The Morgan fingerprint density at radius 2 is 2.12 bits per heavy atom. The van der Waals surface area contributed by atoms with Crippen LogP contribution in [0.15, 0.2) is 24.4 Å². The highest BCUT2D eigenvalue weighted by Gasteiger charge is 2.26. The van der Waals surface area contributed by atoms with Crippen molar-refractivity contribution in [2.24, 2.45) is 11.7 Å². The van der Waals surface area contributed by atoms with Gasteiger partial charge in [0.25, 0.3) is 5.91 Å². The molecule has 0 saturated carbocycles. The third-order valence-corrected chi connectivity index (χ3v) is 5.37. The first kappa shape index (κ1) is 17.3. The first-order valence-electron chi connectivity index (χ1n) is 8.34. The second kappa shape index (κ2) is 7.60. The van der Waals surface area contributed by atoms with Crippen molar-refractivity contribution in [3.63, 3.8) is 0 Å². The van der Waals surface area contributed by atoms with Gasteiger partial charge in [-0.25, -0.2) is 9.97 Å². The Kier molecular flexibility index (Phi) is 5.28. The van der Waals surface area contributed by atoms with E-state index < -0.39 is 5.91 Å². The summed E-state index contributed by atoms with van der Waals surface area (Å²) in [4.78, 5) is 35.4. The van der Waals surface area contributed by atoms with Gasteiger partial charge in [-0.05, 0) is 31.4 Å². The first-order chi connectivity index (χ1) is 12.1. The maximum absolute atomic E-state index is 12.4. The fraction of sp³-hybridized carbons (Fsp3) is 0.412. The maximum Gasteiger partial charge on any atom is 0.267 e. The number of thiazole rings is 1. The molecule has 0 aliphatic carbocycles. The lowest BCUT2D eigenvalue weighted by atomic mass is 9.96. The fourth-order valence-corrected chi connectivity index (χ4v) is 3.60. The third-order valence-electron chi connectivity index (χ3n) is 4.31. The second-order valence-electron chi connectivity index (χ2n) is 5.98. The number of primary amides is 1. The minimum atomic E-state index is -0.536. The molecule has 0 aromatic carbocycles. The molecule has 3 heterocycles. The van der Waals surface area contributed by atoms with Gasteiger partial charge in [-0.1, -0.05) is 13.0 Å². The number of nitrogens with one attached hydrogen (secondary N) is 1. The highest BCUT2D eigenvalue weighted by molar-refractivity contribution is 7.15. The molecule has 132 valence electrons. The Balaban J connectivity index is 1.57. The average Bonchev–Trinajstić information content (AvgIpc) is 3.09. The number of aromatic nitrogens is 2. The molecule has 0 atom stereocenters. The summed E-state index contributed by atoms with van der Waals surface area (Å²) in [6.45, 7) is 3.49. The third kappa shape index (κ3) is 4.14. The summed E-state index contributed by atoms with van der Waals surface area (Å²) in [6, 6.07) is 5.23. The van der Waals surface area contributed by atoms with Crippen molar-refractivity contribution in [1.29, 1.82) is 0 Å². The molecule has 7 nitrogen and oxygen atoms in total. The van der Waals surface area contributed by atoms with Crippen LogP contribution in [0.5, 0.6) is 0 Å². The lowest BCUT2D eigenvalue weighted by molar-refractivity contribution is -0.120. The molecule has 1 saturated heterocycles. The molecular formula is C17H21N5O2S. The maximum atomic E-state index is 12.4. The number of anilines is 2. The lowest BCUT2D eigenvalue weighted by Crippen LogP contribution is -2.38. The molecule has 0 radical (unpaired) electrons. The molecule has 25 heavy (non-hydrogen) atoms. The van der Waals surface area contributed by atoms with Gasteiger partial charge in [0.15, 0.2) is 5.13 Å². The molecule has 3 N–H and O–H groups in total. The number of amides is 2. The Morgan fingerprint density at radius 1 is 1.36 bits per heavy atom. The zero-order valence-electron chi connectivity index (χ0n) is 14.1. The smallest absolute Gasteiger partial charge is 0.267 e. The van der Waals surface area contributed by atoms with Gasteiger partial charge in [-0.3, -0.25) is 9.59 Å². The lowest BCUT2D eigenvalue weighted by Gasteiger charge is -2.32. The minimum Gasteiger partial charge on any atom is -0.364 e. The van der Waals surface area contributed by atoms with Crippen LogP contribution in [0, 0.1) is 5.92 Å². The number of aryl methyl sites for hydroxylation is 1. The molecule has 8 heteroatoms. The van der Waals surface area contributed by atoms with Crippen molar-refractivity contribution < 1.29 is 9.59 Å². The number of pyridine rings is 1. The van der Waals surface area contributed by atoms with Crippen molar-refractivity contribution in [1.82, 2.24) is 9.97 Å². The minimum absolute atomic E-state index is 0.0236. The highest BCUT2D eigenvalue weighted by Crippen LogP contribution is 2.25. The molecule has 3 rings (SSSR count). The van der Waals surface area contributed by atoms with Gasteiger partial charge in [-0.15, -0.1) is 11.3 Å². The van der Waals surface area contributed by atoms with E-state index in [9.17, 15) is 9.59 Å². The van der Waals surface area contributed by atoms with Gasteiger partial charge < -0.3 is 16.0 Å². The summed E-state index contributed by atoms with van der Waals surface area (Å²) in [5, 5.41) is 3.58. The normalized spacial score (nSPS) is 15.2. The Bertz CT molecular complexity index is 768. The number of hydrogen-bond donors (Lipinski definition) is 2. The van der Waals surface area contributed by atoms with E-state index in [1.54, 1.807) is 18.3 Å². The van der Waals surface area contributed by atoms with Crippen molar-refractivity contribution in [3.05, 3.63) is 35.0 Å². The van der Waals surface area contributed by atoms with Crippen LogP contribution in [-0.4, -0.2) is 34.9 Å². The number of nitrogens with two attached hydrogens (primary N) is 1. The van der Waals surface area contributed by atoms with Crippen LogP contribution >= 0.6 is 11.3 Å². The van der Waals surface area contributed by atoms with Crippen molar-refractivity contribution in [3.8, 4) is 0 Å². The zero-order chi connectivity index (χ0) is 17.8. The molecule has 0 bridgehead atoms. The summed E-state index contributed by atoms with van der Waals surface area (Å²) in [5.41, 5.74) is 5.54. The largest absolute Gasteiger partial charge is 0.364 e. The van der Waals surface area contributed by atoms with Gasteiger partial charge >= 0.3 is 0 Å². The van der Waals surface area contributed by atoms with Crippen LogP contribution in [0.2, 0.25) is 0 Å². The van der Waals surface area contributed by atoms with Gasteiger partial charge in [0.05, 0.1) is 0 Å². The SMILES string of the molecule is CCc1cnc(NC(=O)C2CCN(c3cccc(C(N)=O)n3)CC2)s1.